The Morgan fingerprint density at radius 1 is 1.12 bits per heavy atom. The Morgan fingerprint density at radius 2 is 1.65 bits per heavy atom. The summed E-state index contributed by atoms with van der Waals surface area (Å²) in [7, 11) is 4.20. The molecule has 0 aromatic heterocycles. The molecule has 0 aromatic rings. The van der Waals surface area contributed by atoms with E-state index in [0.29, 0.717) is 13.2 Å². The molecule has 4 nitrogen and oxygen atoms in total. The van der Waals surface area contributed by atoms with Crippen molar-refractivity contribution in [2.75, 3.05) is 46.9 Å². The monoisotopic (exact) mass is 246 g/mol. The summed E-state index contributed by atoms with van der Waals surface area (Å²) in [5.74, 6) is 0. The van der Waals surface area contributed by atoms with Crippen molar-refractivity contribution in [1.82, 2.24) is 10.2 Å². The topological polar surface area (TPSA) is 33.7 Å². The Labute approximate surface area is 107 Å². The lowest BCUT2D eigenvalue weighted by molar-refractivity contribution is -0.133. The van der Waals surface area contributed by atoms with Crippen molar-refractivity contribution in [2.45, 2.75) is 34.0 Å². The molecule has 0 fully saturated rings. The van der Waals surface area contributed by atoms with Crippen LogP contribution in [0.5, 0.6) is 0 Å². The van der Waals surface area contributed by atoms with Crippen molar-refractivity contribution in [2.24, 2.45) is 5.41 Å². The zero-order chi connectivity index (χ0) is 13.3. The summed E-state index contributed by atoms with van der Waals surface area (Å²) in [6, 6.07) is 0. The summed E-state index contributed by atoms with van der Waals surface area (Å²) < 4.78 is 11.0. The maximum atomic E-state index is 5.48. The summed E-state index contributed by atoms with van der Waals surface area (Å²) in [6.07, 6.45) is -0.125. The van der Waals surface area contributed by atoms with Gasteiger partial charge in [-0.3, -0.25) is 0 Å². The molecule has 1 N–H and O–H groups in total. The van der Waals surface area contributed by atoms with Crippen molar-refractivity contribution >= 4 is 0 Å². The number of nitrogens with zero attached hydrogens (tertiary/aromatic N) is 1. The maximum absolute atomic E-state index is 5.48. The van der Waals surface area contributed by atoms with Gasteiger partial charge in [-0.1, -0.05) is 13.8 Å². The average molecular weight is 246 g/mol. The van der Waals surface area contributed by atoms with Crippen molar-refractivity contribution in [3.05, 3.63) is 0 Å². The van der Waals surface area contributed by atoms with Gasteiger partial charge in [0.1, 0.15) is 0 Å². The number of hydrogen-bond donors (Lipinski definition) is 1. The van der Waals surface area contributed by atoms with Gasteiger partial charge < -0.3 is 19.7 Å². The van der Waals surface area contributed by atoms with E-state index < -0.39 is 0 Å². The molecule has 0 saturated heterocycles. The molecular formula is C13H30N2O2. The van der Waals surface area contributed by atoms with Gasteiger partial charge in [0, 0.05) is 32.8 Å². The molecule has 0 radical (unpaired) electrons. The first kappa shape index (κ1) is 16.8. The van der Waals surface area contributed by atoms with Crippen molar-refractivity contribution < 1.29 is 9.47 Å². The van der Waals surface area contributed by atoms with Gasteiger partial charge in [0.15, 0.2) is 6.29 Å². The lowest BCUT2D eigenvalue weighted by Crippen LogP contribution is -2.41. The minimum Gasteiger partial charge on any atom is -0.352 e. The van der Waals surface area contributed by atoms with E-state index in [9.17, 15) is 0 Å². The van der Waals surface area contributed by atoms with E-state index in [1.807, 2.05) is 13.8 Å². The molecule has 0 amide bonds. The quantitative estimate of drug-likeness (QED) is 0.593. The van der Waals surface area contributed by atoms with Crippen molar-refractivity contribution in [3.63, 3.8) is 0 Å². The predicted molar refractivity (Wildman–Crippen MR) is 72.2 cm³/mol. The Morgan fingerprint density at radius 3 is 2.06 bits per heavy atom. The molecule has 0 aromatic carbocycles. The molecule has 0 unspecified atom stereocenters. The molecule has 0 bridgehead atoms. The standard InChI is InChI=1S/C13H30N2O2/c1-7-16-12(17-8-2)9-14-10-13(3,4)11-15(5)6/h12,14H,7-11H2,1-6H3. The Balaban J connectivity index is 3.85. The van der Waals surface area contributed by atoms with Crippen LogP contribution >= 0.6 is 0 Å². The zero-order valence-electron chi connectivity index (χ0n) is 12.4. The van der Waals surface area contributed by atoms with E-state index in [0.717, 1.165) is 19.6 Å². The molecular weight excluding hydrogens is 216 g/mol. The third-order valence-electron chi connectivity index (χ3n) is 2.36. The van der Waals surface area contributed by atoms with Crippen LogP contribution < -0.4 is 5.32 Å². The van der Waals surface area contributed by atoms with Gasteiger partial charge in [0.2, 0.25) is 0 Å². The first-order valence-corrected chi connectivity index (χ1v) is 6.50. The van der Waals surface area contributed by atoms with Crippen LogP contribution in [0.2, 0.25) is 0 Å². The highest BCUT2D eigenvalue weighted by Crippen LogP contribution is 2.14. The zero-order valence-corrected chi connectivity index (χ0v) is 12.4. The molecule has 17 heavy (non-hydrogen) atoms. The van der Waals surface area contributed by atoms with Crippen LogP contribution in [-0.4, -0.2) is 58.1 Å². The summed E-state index contributed by atoms with van der Waals surface area (Å²) in [4.78, 5) is 2.21. The van der Waals surface area contributed by atoms with Crippen molar-refractivity contribution in [1.29, 1.82) is 0 Å². The van der Waals surface area contributed by atoms with E-state index >= 15 is 0 Å². The van der Waals surface area contributed by atoms with Gasteiger partial charge >= 0.3 is 0 Å². The molecule has 104 valence electrons. The van der Waals surface area contributed by atoms with E-state index in [1.54, 1.807) is 0 Å². The fourth-order valence-corrected chi connectivity index (χ4v) is 1.98. The molecule has 0 aliphatic carbocycles. The highest BCUT2D eigenvalue weighted by Gasteiger charge is 2.19. The van der Waals surface area contributed by atoms with Crippen LogP contribution in [0.25, 0.3) is 0 Å². The molecule has 0 heterocycles. The first-order chi connectivity index (χ1) is 7.91. The highest BCUT2D eigenvalue weighted by molar-refractivity contribution is 4.74. The molecule has 0 saturated carbocycles. The second-order valence-electron chi connectivity index (χ2n) is 5.37. The largest absolute Gasteiger partial charge is 0.352 e. The van der Waals surface area contributed by atoms with E-state index in [4.69, 9.17) is 9.47 Å². The second kappa shape index (κ2) is 8.86. The van der Waals surface area contributed by atoms with Crippen LogP contribution in [0.15, 0.2) is 0 Å². The summed E-state index contributed by atoms with van der Waals surface area (Å²) in [5, 5.41) is 3.42. The third kappa shape index (κ3) is 9.53. The van der Waals surface area contributed by atoms with E-state index in [-0.39, 0.29) is 11.7 Å². The van der Waals surface area contributed by atoms with Crippen molar-refractivity contribution in [3.8, 4) is 0 Å². The first-order valence-electron chi connectivity index (χ1n) is 6.50. The van der Waals surface area contributed by atoms with Crippen LogP contribution in [0.4, 0.5) is 0 Å². The van der Waals surface area contributed by atoms with Crippen LogP contribution in [0, 0.1) is 5.41 Å². The summed E-state index contributed by atoms with van der Waals surface area (Å²) in [6.45, 7) is 12.6. The second-order valence-corrected chi connectivity index (χ2v) is 5.37. The number of ether oxygens (including phenoxy) is 2. The van der Waals surface area contributed by atoms with Gasteiger partial charge in [0.25, 0.3) is 0 Å². The van der Waals surface area contributed by atoms with Gasteiger partial charge in [-0.15, -0.1) is 0 Å². The summed E-state index contributed by atoms with van der Waals surface area (Å²) >= 11 is 0. The third-order valence-corrected chi connectivity index (χ3v) is 2.36. The molecule has 0 rings (SSSR count). The fraction of sp³-hybridized carbons (Fsp3) is 1.00. The number of hydrogen-bond acceptors (Lipinski definition) is 4. The molecule has 4 heteroatoms. The lowest BCUT2D eigenvalue weighted by atomic mass is 9.93. The Hall–Kier alpha value is -0.160. The van der Waals surface area contributed by atoms with Crippen LogP contribution in [0.3, 0.4) is 0 Å². The van der Waals surface area contributed by atoms with E-state index in [1.165, 1.54) is 0 Å². The fourth-order valence-electron chi connectivity index (χ4n) is 1.98. The number of nitrogens with one attached hydrogen (secondary N) is 1. The lowest BCUT2D eigenvalue weighted by Gasteiger charge is -2.29. The minimum atomic E-state index is -0.125. The normalized spacial score (nSPS) is 12.7. The SMILES string of the molecule is CCOC(CNCC(C)(C)CN(C)C)OCC. The minimum absolute atomic E-state index is 0.125. The van der Waals surface area contributed by atoms with E-state index in [2.05, 4.69) is 38.2 Å². The van der Waals surface area contributed by atoms with Gasteiger partial charge in [-0.25, -0.2) is 0 Å². The maximum Gasteiger partial charge on any atom is 0.169 e. The molecule has 0 atom stereocenters. The summed E-state index contributed by atoms with van der Waals surface area (Å²) in [5.41, 5.74) is 0.256. The Kier molecular flexibility index (Phi) is 8.78. The van der Waals surface area contributed by atoms with Crippen LogP contribution in [-0.2, 0) is 9.47 Å². The smallest absolute Gasteiger partial charge is 0.169 e. The molecule has 0 spiro atoms. The highest BCUT2D eigenvalue weighted by atomic mass is 16.7. The Bertz CT molecular complexity index is 178. The van der Waals surface area contributed by atoms with Gasteiger partial charge in [-0.2, -0.15) is 0 Å². The van der Waals surface area contributed by atoms with Gasteiger partial charge in [-0.05, 0) is 33.4 Å². The molecule has 0 aliphatic heterocycles. The van der Waals surface area contributed by atoms with Gasteiger partial charge in [0.05, 0.1) is 0 Å². The predicted octanol–water partition coefficient (Wildman–Crippen LogP) is 1.56. The number of rotatable bonds is 10. The average Bonchev–Trinajstić information content (AvgIpc) is 2.15. The molecule has 0 aliphatic rings. The van der Waals surface area contributed by atoms with Crippen LogP contribution in [0.1, 0.15) is 27.7 Å².